The highest BCUT2D eigenvalue weighted by Crippen LogP contribution is 2.26. The molecule has 1 aromatic heterocycles. The maximum atomic E-state index is 12.3. The number of halogens is 1. The van der Waals surface area contributed by atoms with Crippen LogP contribution < -0.4 is 0 Å². The lowest BCUT2D eigenvalue weighted by atomic mass is 10.1. The number of fused-ring (bicyclic) bond motifs is 1. The third-order valence-electron chi connectivity index (χ3n) is 3.54. The van der Waals surface area contributed by atoms with Crippen molar-refractivity contribution >= 4 is 39.6 Å². The number of ketones is 1. The second-order valence-corrected chi connectivity index (χ2v) is 5.68. The van der Waals surface area contributed by atoms with Gasteiger partial charge in [0.25, 0.3) is 0 Å². The van der Waals surface area contributed by atoms with Crippen LogP contribution in [0.2, 0.25) is 0 Å². The van der Waals surface area contributed by atoms with E-state index in [0.29, 0.717) is 6.42 Å². The molecule has 1 aromatic carbocycles. The molecule has 0 radical (unpaired) electrons. The monoisotopic (exact) mass is 311 g/mol. The normalized spacial score (nSPS) is 16.0. The van der Waals surface area contributed by atoms with Crippen molar-refractivity contribution in [2.45, 2.75) is 6.42 Å². The molecule has 1 aliphatic heterocycles. The van der Waals surface area contributed by atoms with Crippen LogP contribution in [0.4, 0.5) is 0 Å². The number of thiophene rings is 1. The minimum absolute atomic E-state index is 0. The van der Waals surface area contributed by atoms with Gasteiger partial charge in [0.1, 0.15) is 0 Å². The van der Waals surface area contributed by atoms with Crippen molar-refractivity contribution in [2.75, 3.05) is 32.8 Å². The van der Waals surface area contributed by atoms with Crippen molar-refractivity contribution in [3.8, 4) is 0 Å². The van der Waals surface area contributed by atoms with Gasteiger partial charge in [0.2, 0.25) is 0 Å². The summed E-state index contributed by atoms with van der Waals surface area (Å²) >= 11 is 1.65. The van der Waals surface area contributed by atoms with Crippen LogP contribution in [-0.4, -0.2) is 43.5 Å². The lowest BCUT2D eigenvalue weighted by Gasteiger charge is -2.26. The smallest absolute Gasteiger partial charge is 0.165 e. The van der Waals surface area contributed by atoms with Crippen molar-refractivity contribution in [1.29, 1.82) is 0 Å². The van der Waals surface area contributed by atoms with Crippen molar-refractivity contribution in [3.05, 3.63) is 35.2 Å². The molecule has 0 N–H and O–H groups in total. The Hall–Kier alpha value is -0.940. The summed E-state index contributed by atoms with van der Waals surface area (Å²) in [4.78, 5) is 14.6. The molecule has 2 aromatic rings. The number of carbonyl (C=O) groups is 1. The molecule has 20 heavy (non-hydrogen) atoms. The van der Waals surface area contributed by atoms with Gasteiger partial charge in [-0.15, -0.1) is 23.7 Å². The molecule has 5 heteroatoms. The number of Topliss-reactive ketones (excluding diaryl/α,β-unsaturated/α-hetero) is 1. The number of hydrogen-bond donors (Lipinski definition) is 0. The molecular weight excluding hydrogens is 294 g/mol. The van der Waals surface area contributed by atoms with Gasteiger partial charge in [-0.3, -0.25) is 9.69 Å². The third-order valence-corrected chi connectivity index (χ3v) is 4.50. The zero-order valence-corrected chi connectivity index (χ0v) is 12.8. The van der Waals surface area contributed by atoms with Crippen LogP contribution in [-0.2, 0) is 4.74 Å². The first kappa shape index (κ1) is 15.4. The second-order valence-electron chi connectivity index (χ2n) is 4.77. The van der Waals surface area contributed by atoms with E-state index in [4.69, 9.17) is 4.74 Å². The Morgan fingerprint density at radius 3 is 2.80 bits per heavy atom. The van der Waals surface area contributed by atoms with Gasteiger partial charge >= 0.3 is 0 Å². The summed E-state index contributed by atoms with van der Waals surface area (Å²) in [6.07, 6.45) is 0.598. The molecule has 0 aliphatic carbocycles. The number of rotatable bonds is 4. The Morgan fingerprint density at radius 1 is 1.25 bits per heavy atom. The van der Waals surface area contributed by atoms with E-state index in [1.54, 1.807) is 11.3 Å². The van der Waals surface area contributed by atoms with Gasteiger partial charge in [0.05, 0.1) is 13.2 Å². The lowest BCUT2D eigenvalue weighted by molar-refractivity contribution is 0.0370. The van der Waals surface area contributed by atoms with E-state index in [1.165, 1.54) is 4.70 Å². The fraction of sp³-hybridized carbons (Fsp3) is 0.400. The Bertz CT molecular complexity index is 578. The summed E-state index contributed by atoms with van der Waals surface area (Å²) in [7, 11) is 0. The van der Waals surface area contributed by atoms with Crippen LogP contribution in [0.3, 0.4) is 0 Å². The van der Waals surface area contributed by atoms with E-state index in [9.17, 15) is 4.79 Å². The van der Waals surface area contributed by atoms with Crippen LogP contribution in [0.15, 0.2) is 29.6 Å². The molecule has 0 atom stereocenters. The van der Waals surface area contributed by atoms with Gasteiger partial charge in [-0.1, -0.05) is 18.2 Å². The molecule has 108 valence electrons. The quantitative estimate of drug-likeness (QED) is 0.812. The Balaban J connectivity index is 0.00000147. The Labute approximate surface area is 128 Å². The van der Waals surface area contributed by atoms with Gasteiger partial charge in [-0.25, -0.2) is 0 Å². The summed E-state index contributed by atoms with van der Waals surface area (Å²) in [5.41, 5.74) is 0.883. The Kier molecular flexibility index (Phi) is 5.54. The maximum absolute atomic E-state index is 12.3. The fourth-order valence-electron chi connectivity index (χ4n) is 2.41. The molecule has 1 aliphatic rings. The average molecular weight is 312 g/mol. The van der Waals surface area contributed by atoms with E-state index in [2.05, 4.69) is 11.0 Å². The highest BCUT2D eigenvalue weighted by atomic mass is 35.5. The largest absolute Gasteiger partial charge is 0.379 e. The summed E-state index contributed by atoms with van der Waals surface area (Å²) in [6.45, 7) is 4.30. The third kappa shape index (κ3) is 3.38. The van der Waals surface area contributed by atoms with Crippen LogP contribution in [0.5, 0.6) is 0 Å². The van der Waals surface area contributed by atoms with Gasteiger partial charge in [0.15, 0.2) is 5.78 Å². The van der Waals surface area contributed by atoms with E-state index in [0.717, 1.165) is 43.8 Å². The summed E-state index contributed by atoms with van der Waals surface area (Å²) < 4.78 is 6.50. The van der Waals surface area contributed by atoms with E-state index < -0.39 is 0 Å². The predicted molar refractivity (Wildman–Crippen MR) is 85.3 cm³/mol. The standard InChI is InChI=1S/C15H17NO2S.ClH/c17-14(5-6-16-7-9-18-10-8-16)13-11-19-15-4-2-1-3-12(13)15;/h1-4,11H,5-10H2;1H. The molecule has 0 saturated carbocycles. The van der Waals surface area contributed by atoms with Crippen LogP contribution >= 0.6 is 23.7 Å². The summed E-state index contributed by atoms with van der Waals surface area (Å²) in [6, 6.07) is 8.11. The first-order chi connectivity index (χ1) is 9.34. The van der Waals surface area contributed by atoms with Crippen LogP contribution in [0, 0.1) is 0 Å². The molecule has 3 nitrogen and oxygen atoms in total. The number of ether oxygens (including phenoxy) is 1. The molecule has 3 rings (SSSR count). The zero-order chi connectivity index (χ0) is 13.1. The topological polar surface area (TPSA) is 29.5 Å². The lowest BCUT2D eigenvalue weighted by Crippen LogP contribution is -2.37. The van der Waals surface area contributed by atoms with Crippen LogP contribution in [0.1, 0.15) is 16.8 Å². The van der Waals surface area contributed by atoms with Crippen molar-refractivity contribution in [3.63, 3.8) is 0 Å². The van der Waals surface area contributed by atoms with Gasteiger partial charge < -0.3 is 4.74 Å². The molecule has 0 bridgehead atoms. The first-order valence-electron chi connectivity index (χ1n) is 6.64. The number of carbonyl (C=O) groups excluding carboxylic acids is 1. The number of hydrogen-bond acceptors (Lipinski definition) is 4. The highest BCUT2D eigenvalue weighted by Gasteiger charge is 2.15. The van der Waals surface area contributed by atoms with Crippen molar-refractivity contribution in [2.24, 2.45) is 0 Å². The van der Waals surface area contributed by atoms with Crippen LogP contribution in [0.25, 0.3) is 10.1 Å². The molecule has 2 heterocycles. The van der Waals surface area contributed by atoms with Gasteiger partial charge in [0, 0.05) is 47.1 Å². The molecule has 1 fully saturated rings. The zero-order valence-electron chi connectivity index (χ0n) is 11.2. The van der Waals surface area contributed by atoms with E-state index >= 15 is 0 Å². The van der Waals surface area contributed by atoms with E-state index in [-0.39, 0.29) is 18.2 Å². The summed E-state index contributed by atoms with van der Waals surface area (Å²) in [5, 5.41) is 3.09. The second kappa shape index (κ2) is 7.18. The fourth-order valence-corrected chi connectivity index (χ4v) is 3.38. The van der Waals surface area contributed by atoms with Gasteiger partial charge in [-0.2, -0.15) is 0 Å². The first-order valence-corrected chi connectivity index (χ1v) is 7.52. The molecule has 0 spiro atoms. The molecule has 0 amide bonds. The van der Waals surface area contributed by atoms with E-state index in [1.807, 2.05) is 23.6 Å². The predicted octanol–water partition coefficient (Wildman–Crippen LogP) is 3.23. The van der Waals surface area contributed by atoms with Gasteiger partial charge in [-0.05, 0) is 6.07 Å². The minimum atomic E-state index is 0. The Morgan fingerprint density at radius 2 is 2.00 bits per heavy atom. The average Bonchev–Trinajstić information content (AvgIpc) is 2.90. The minimum Gasteiger partial charge on any atom is -0.379 e. The number of benzene rings is 1. The highest BCUT2D eigenvalue weighted by molar-refractivity contribution is 7.17. The summed E-state index contributed by atoms with van der Waals surface area (Å²) in [5.74, 6) is 0.254. The van der Waals surface area contributed by atoms with Crippen molar-refractivity contribution < 1.29 is 9.53 Å². The molecule has 0 unspecified atom stereocenters. The maximum Gasteiger partial charge on any atom is 0.165 e. The number of morpholine rings is 1. The molecule has 1 saturated heterocycles. The van der Waals surface area contributed by atoms with Crippen molar-refractivity contribution in [1.82, 2.24) is 4.90 Å². The SMILES string of the molecule is Cl.O=C(CCN1CCOCC1)c1csc2ccccc12. The number of nitrogens with zero attached hydrogens (tertiary/aromatic N) is 1. The molecular formula is C15H18ClNO2S.